The Hall–Kier alpha value is -1.08. The monoisotopic (exact) mass is 178 g/mol. The first kappa shape index (κ1) is 11.9. The molecule has 1 nitrogen and oxygen atoms in total. The highest BCUT2D eigenvalue weighted by atomic mass is 16.5. The van der Waals surface area contributed by atoms with E-state index in [1.165, 1.54) is 0 Å². The summed E-state index contributed by atoms with van der Waals surface area (Å²) in [5.41, 5.74) is 0. The smallest absolute Gasteiger partial charge is 0.0654 e. The molecule has 0 N–H and O–H groups in total. The van der Waals surface area contributed by atoms with Crippen molar-refractivity contribution in [2.24, 2.45) is 0 Å². The average Bonchev–Trinajstić information content (AvgIpc) is 2.16. The molecule has 0 radical (unpaired) electrons. The first-order valence-corrected chi connectivity index (χ1v) is 4.55. The van der Waals surface area contributed by atoms with Crippen molar-refractivity contribution in [1.82, 2.24) is 0 Å². The SMILES string of the molecule is C/C=C/C=C/COC/C=C/C=C/C. The Labute approximate surface area is 81.1 Å². The molecule has 72 valence electrons. The summed E-state index contributed by atoms with van der Waals surface area (Å²) in [6.07, 6.45) is 15.9. The van der Waals surface area contributed by atoms with Crippen LogP contribution in [0.3, 0.4) is 0 Å². The van der Waals surface area contributed by atoms with Crippen LogP contribution in [0.1, 0.15) is 13.8 Å². The van der Waals surface area contributed by atoms with E-state index in [-0.39, 0.29) is 0 Å². The highest BCUT2D eigenvalue weighted by Crippen LogP contribution is 1.82. The van der Waals surface area contributed by atoms with Gasteiger partial charge in [-0.25, -0.2) is 0 Å². The van der Waals surface area contributed by atoms with Gasteiger partial charge >= 0.3 is 0 Å². The lowest BCUT2D eigenvalue weighted by atomic mass is 10.4. The second-order valence-corrected chi connectivity index (χ2v) is 2.45. The van der Waals surface area contributed by atoms with Gasteiger partial charge in [-0.3, -0.25) is 0 Å². The van der Waals surface area contributed by atoms with Gasteiger partial charge in [0.2, 0.25) is 0 Å². The molecule has 1 heteroatoms. The lowest BCUT2D eigenvalue weighted by Crippen LogP contribution is -1.89. The van der Waals surface area contributed by atoms with Gasteiger partial charge in [0.1, 0.15) is 0 Å². The normalized spacial score (nSPS) is 13.1. The summed E-state index contributed by atoms with van der Waals surface area (Å²) in [7, 11) is 0. The quantitative estimate of drug-likeness (QED) is 0.448. The van der Waals surface area contributed by atoms with Crippen molar-refractivity contribution in [3.63, 3.8) is 0 Å². The summed E-state index contributed by atoms with van der Waals surface area (Å²) in [5.74, 6) is 0. The van der Waals surface area contributed by atoms with Gasteiger partial charge in [-0.15, -0.1) is 0 Å². The Bertz CT molecular complexity index is 175. The van der Waals surface area contributed by atoms with Crippen LogP contribution < -0.4 is 0 Å². The van der Waals surface area contributed by atoms with Crippen LogP contribution in [0, 0.1) is 0 Å². The number of ether oxygens (including phenoxy) is 1. The Morgan fingerprint density at radius 2 is 1.23 bits per heavy atom. The molecule has 0 aromatic heterocycles. The van der Waals surface area contributed by atoms with Crippen molar-refractivity contribution in [2.45, 2.75) is 13.8 Å². The van der Waals surface area contributed by atoms with Gasteiger partial charge in [-0.1, -0.05) is 48.6 Å². The maximum atomic E-state index is 5.29. The molecular weight excluding hydrogens is 160 g/mol. The summed E-state index contributed by atoms with van der Waals surface area (Å²) < 4.78 is 5.29. The first-order valence-electron chi connectivity index (χ1n) is 4.55. The molecule has 0 bridgehead atoms. The fourth-order valence-electron chi connectivity index (χ4n) is 0.695. The largest absolute Gasteiger partial charge is 0.373 e. The number of rotatable bonds is 6. The van der Waals surface area contributed by atoms with Gasteiger partial charge in [0, 0.05) is 0 Å². The number of allylic oxidation sites excluding steroid dienone is 6. The van der Waals surface area contributed by atoms with Crippen LogP contribution in [-0.4, -0.2) is 13.2 Å². The van der Waals surface area contributed by atoms with E-state index in [1.807, 2.05) is 62.5 Å². The van der Waals surface area contributed by atoms with E-state index in [4.69, 9.17) is 4.74 Å². The number of hydrogen-bond acceptors (Lipinski definition) is 1. The maximum Gasteiger partial charge on any atom is 0.0654 e. The molecular formula is C12H18O. The maximum absolute atomic E-state index is 5.29. The third-order valence-electron chi connectivity index (χ3n) is 1.31. The molecule has 0 aliphatic carbocycles. The lowest BCUT2D eigenvalue weighted by molar-refractivity contribution is 0.194. The van der Waals surface area contributed by atoms with Crippen LogP contribution in [0.2, 0.25) is 0 Å². The Balaban J connectivity index is 3.26. The van der Waals surface area contributed by atoms with Crippen LogP contribution in [0.15, 0.2) is 48.6 Å². The predicted molar refractivity (Wildman–Crippen MR) is 58.7 cm³/mol. The van der Waals surface area contributed by atoms with Crippen LogP contribution in [0.5, 0.6) is 0 Å². The van der Waals surface area contributed by atoms with Crippen molar-refractivity contribution in [1.29, 1.82) is 0 Å². The Kier molecular flexibility index (Phi) is 10.0. The second kappa shape index (κ2) is 10.9. The first-order chi connectivity index (χ1) is 6.41. The molecule has 0 aromatic rings. The molecule has 0 aliphatic rings. The van der Waals surface area contributed by atoms with Crippen molar-refractivity contribution < 1.29 is 4.74 Å². The van der Waals surface area contributed by atoms with Gasteiger partial charge in [-0.2, -0.15) is 0 Å². The summed E-state index contributed by atoms with van der Waals surface area (Å²) in [6, 6.07) is 0. The molecule has 0 rings (SSSR count). The third-order valence-corrected chi connectivity index (χ3v) is 1.31. The minimum atomic E-state index is 0.671. The molecule has 0 aromatic carbocycles. The molecule has 0 amide bonds. The van der Waals surface area contributed by atoms with Gasteiger partial charge in [-0.05, 0) is 13.8 Å². The fourth-order valence-corrected chi connectivity index (χ4v) is 0.695. The minimum Gasteiger partial charge on any atom is -0.373 e. The molecule has 0 unspecified atom stereocenters. The van der Waals surface area contributed by atoms with Crippen molar-refractivity contribution in [3.8, 4) is 0 Å². The molecule has 0 fully saturated rings. The van der Waals surface area contributed by atoms with Gasteiger partial charge < -0.3 is 4.74 Å². The standard InChI is InChI=1S/C12H18O/c1-3-5-7-9-11-13-12-10-8-6-4-2/h3-10H,11-12H2,1-2H3/b5-3+,6-4+,9-7+,10-8+. The Morgan fingerprint density at radius 1 is 0.769 bits per heavy atom. The number of hydrogen-bond donors (Lipinski definition) is 0. The van der Waals surface area contributed by atoms with Crippen LogP contribution >= 0.6 is 0 Å². The third kappa shape index (κ3) is 10.9. The Morgan fingerprint density at radius 3 is 1.62 bits per heavy atom. The zero-order valence-electron chi connectivity index (χ0n) is 8.44. The second-order valence-electron chi connectivity index (χ2n) is 2.45. The van der Waals surface area contributed by atoms with Gasteiger partial charge in [0.05, 0.1) is 13.2 Å². The topological polar surface area (TPSA) is 9.23 Å². The van der Waals surface area contributed by atoms with Crippen LogP contribution in [-0.2, 0) is 4.74 Å². The molecule has 0 aliphatic heterocycles. The van der Waals surface area contributed by atoms with E-state index in [0.29, 0.717) is 13.2 Å². The zero-order valence-corrected chi connectivity index (χ0v) is 8.44. The van der Waals surface area contributed by atoms with Crippen LogP contribution in [0.4, 0.5) is 0 Å². The van der Waals surface area contributed by atoms with Crippen LogP contribution in [0.25, 0.3) is 0 Å². The lowest BCUT2D eigenvalue weighted by Gasteiger charge is -1.92. The highest BCUT2D eigenvalue weighted by Gasteiger charge is 1.75. The van der Waals surface area contributed by atoms with Crippen molar-refractivity contribution >= 4 is 0 Å². The highest BCUT2D eigenvalue weighted by molar-refractivity contribution is 5.02. The van der Waals surface area contributed by atoms with E-state index in [9.17, 15) is 0 Å². The van der Waals surface area contributed by atoms with E-state index in [2.05, 4.69) is 0 Å². The van der Waals surface area contributed by atoms with E-state index in [1.54, 1.807) is 0 Å². The molecule has 0 saturated carbocycles. The summed E-state index contributed by atoms with van der Waals surface area (Å²) >= 11 is 0. The fraction of sp³-hybridized carbons (Fsp3) is 0.333. The summed E-state index contributed by atoms with van der Waals surface area (Å²) in [6.45, 7) is 5.32. The zero-order chi connectivity index (χ0) is 9.78. The van der Waals surface area contributed by atoms with E-state index >= 15 is 0 Å². The van der Waals surface area contributed by atoms with E-state index < -0.39 is 0 Å². The summed E-state index contributed by atoms with van der Waals surface area (Å²) in [5, 5.41) is 0. The summed E-state index contributed by atoms with van der Waals surface area (Å²) in [4.78, 5) is 0. The van der Waals surface area contributed by atoms with Crippen molar-refractivity contribution in [3.05, 3.63) is 48.6 Å². The van der Waals surface area contributed by atoms with Crippen molar-refractivity contribution in [2.75, 3.05) is 13.2 Å². The van der Waals surface area contributed by atoms with E-state index in [0.717, 1.165) is 0 Å². The molecule has 0 heterocycles. The molecule has 0 saturated heterocycles. The van der Waals surface area contributed by atoms with Gasteiger partial charge in [0.25, 0.3) is 0 Å². The molecule has 13 heavy (non-hydrogen) atoms. The predicted octanol–water partition coefficient (Wildman–Crippen LogP) is 3.27. The van der Waals surface area contributed by atoms with Gasteiger partial charge in [0.15, 0.2) is 0 Å². The molecule has 0 atom stereocenters. The average molecular weight is 178 g/mol. The minimum absolute atomic E-state index is 0.671. The molecule has 0 spiro atoms.